The van der Waals surface area contributed by atoms with Gasteiger partial charge in [-0.15, -0.1) is 0 Å². The fraction of sp³-hybridized carbons (Fsp3) is 0.667. The molecule has 0 aromatic carbocycles. The number of hydrogen-bond acceptors (Lipinski definition) is 4. The predicted octanol–water partition coefficient (Wildman–Crippen LogP) is 4.39. The van der Waals surface area contributed by atoms with Crippen molar-refractivity contribution in [3.05, 3.63) is 21.7 Å². The number of aromatic nitrogens is 2. The second-order valence-electron chi connectivity index (χ2n) is 5.71. The van der Waals surface area contributed by atoms with Gasteiger partial charge in [-0.25, -0.2) is 14.8 Å². The zero-order valence-corrected chi connectivity index (χ0v) is 15.4. The van der Waals surface area contributed by atoms with E-state index in [1.807, 2.05) is 48.5 Å². The Balaban J connectivity index is 0.00000106. The van der Waals surface area contributed by atoms with Crippen molar-refractivity contribution in [2.45, 2.75) is 66.7 Å². The van der Waals surface area contributed by atoms with Crippen molar-refractivity contribution >= 4 is 22.0 Å². The lowest BCUT2D eigenvalue weighted by atomic mass is 10.2. The van der Waals surface area contributed by atoms with E-state index in [1.54, 1.807) is 4.90 Å². The third-order valence-electron chi connectivity index (χ3n) is 2.92. The summed E-state index contributed by atoms with van der Waals surface area (Å²) in [5.41, 5.74) is 1.36. The van der Waals surface area contributed by atoms with E-state index in [9.17, 15) is 4.79 Å². The van der Waals surface area contributed by atoms with Crippen LogP contribution in [0.15, 0.2) is 4.60 Å². The molecule has 2 heterocycles. The smallest absolute Gasteiger partial charge is 0.411 e. The van der Waals surface area contributed by atoms with Gasteiger partial charge in [0.2, 0.25) is 0 Å². The Hall–Kier alpha value is -1.17. The second-order valence-corrected chi connectivity index (χ2v) is 6.46. The van der Waals surface area contributed by atoms with Gasteiger partial charge < -0.3 is 4.74 Å². The van der Waals surface area contributed by atoms with Crippen LogP contribution in [0.3, 0.4) is 0 Å². The van der Waals surface area contributed by atoms with E-state index in [2.05, 4.69) is 25.9 Å². The number of amides is 1. The van der Waals surface area contributed by atoms with Crippen molar-refractivity contribution in [1.29, 1.82) is 0 Å². The van der Waals surface area contributed by atoms with Crippen LogP contribution in [0.4, 0.5) is 4.79 Å². The largest absolute Gasteiger partial charge is 0.444 e. The lowest BCUT2D eigenvalue weighted by Crippen LogP contribution is -2.35. The van der Waals surface area contributed by atoms with Gasteiger partial charge >= 0.3 is 6.09 Å². The van der Waals surface area contributed by atoms with E-state index in [0.717, 1.165) is 15.9 Å². The summed E-state index contributed by atoms with van der Waals surface area (Å²) in [7, 11) is 0. The highest BCUT2D eigenvalue weighted by Crippen LogP contribution is 2.37. The van der Waals surface area contributed by atoms with Gasteiger partial charge in [-0.3, -0.25) is 4.90 Å². The number of carbonyl (C=O) groups is 1. The quantitative estimate of drug-likeness (QED) is 0.646. The van der Waals surface area contributed by atoms with Crippen LogP contribution in [0.25, 0.3) is 0 Å². The Kier molecular flexibility index (Phi) is 5.73. The normalized spacial score (nSPS) is 17.0. The minimum atomic E-state index is -0.496. The standard InChI is InChI=1S/C13H18BrN3O2.C2H6/c1-7-10-9(15-8(2)16-11(10)14)6-17(7)12(18)19-13(3,4)5;1-2/h7H,6H2,1-5H3;1-2H3. The zero-order valence-electron chi connectivity index (χ0n) is 13.8. The molecule has 0 saturated heterocycles. The first-order valence-electron chi connectivity index (χ1n) is 7.21. The number of aryl methyl sites for hydroxylation is 1. The summed E-state index contributed by atoms with van der Waals surface area (Å²) in [6.45, 7) is 13.8. The van der Waals surface area contributed by atoms with Crippen molar-refractivity contribution in [1.82, 2.24) is 14.9 Å². The van der Waals surface area contributed by atoms with E-state index in [0.29, 0.717) is 12.4 Å². The molecule has 1 atom stereocenters. The molecule has 0 N–H and O–H groups in total. The van der Waals surface area contributed by atoms with Gasteiger partial charge in [0.15, 0.2) is 0 Å². The molecule has 1 amide bonds. The highest BCUT2D eigenvalue weighted by molar-refractivity contribution is 9.10. The van der Waals surface area contributed by atoms with Crippen molar-refractivity contribution in [2.24, 2.45) is 0 Å². The Morgan fingerprint density at radius 2 is 1.90 bits per heavy atom. The number of ether oxygens (including phenoxy) is 1. The van der Waals surface area contributed by atoms with Crippen LogP contribution in [-0.2, 0) is 11.3 Å². The van der Waals surface area contributed by atoms with Gasteiger partial charge in [-0.1, -0.05) is 13.8 Å². The molecule has 21 heavy (non-hydrogen) atoms. The summed E-state index contributed by atoms with van der Waals surface area (Å²) in [6.07, 6.45) is -0.317. The SMILES string of the molecule is CC.Cc1nc(Br)c2c(n1)CN(C(=O)OC(C)(C)C)C2C. The molecule has 5 nitrogen and oxygen atoms in total. The van der Waals surface area contributed by atoms with Crippen LogP contribution in [0, 0.1) is 6.92 Å². The summed E-state index contributed by atoms with van der Waals surface area (Å²) < 4.78 is 6.17. The van der Waals surface area contributed by atoms with Crippen molar-refractivity contribution in [2.75, 3.05) is 0 Å². The van der Waals surface area contributed by atoms with Gasteiger partial charge in [-0.05, 0) is 50.5 Å². The molecule has 1 unspecified atom stereocenters. The molecule has 0 saturated carbocycles. The van der Waals surface area contributed by atoms with Gasteiger partial charge in [0.25, 0.3) is 0 Å². The number of nitrogens with zero attached hydrogens (tertiary/aromatic N) is 3. The van der Waals surface area contributed by atoms with E-state index >= 15 is 0 Å². The summed E-state index contributed by atoms with van der Waals surface area (Å²) in [6, 6.07) is -0.0835. The first kappa shape index (κ1) is 17.9. The van der Waals surface area contributed by atoms with Crippen LogP contribution in [0.1, 0.15) is 64.7 Å². The number of fused-ring (bicyclic) bond motifs is 1. The highest BCUT2D eigenvalue weighted by Gasteiger charge is 2.36. The monoisotopic (exact) mass is 357 g/mol. The lowest BCUT2D eigenvalue weighted by Gasteiger charge is -2.27. The molecule has 1 aliphatic rings. The number of halogens is 1. The van der Waals surface area contributed by atoms with Crippen LogP contribution in [0.5, 0.6) is 0 Å². The maximum atomic E-state index is 12.2. The topological polar surface area (TPSA) is 55.3 Å². The molecule has 0 spiro atoms. The molecule has 2 rings (SSSR count). The fourth-order valence-electron chi connectivity index (χ4n) is 2.13. The average Bonchev–Trinajstić information content (AvgIpc) is 2.67. The molecule has 1 aromatic rings. The molecule has 1 aromatic heterocycles. The molecule has 0 fully saturated rings. The zero-order chi connectivity index (χ0) is 16.4. The molecule has 6 heteroatoms. The van der Waals surface area contributed by atoms with Crippen LogP contribution >= 0.6 is 15.9 Å². The minimum absolute atomic E-state index is 0.0835. The lowest BCUT2D eigenvalue weighted by molar-refractivity contribution is 0.0186. The molecule has 0 bridgehead atoms. The second kappa shape index (κ2) is 6.73. The molecular weight excluding hydrogens is 334 g/mol. The number of carbonyl (C=O) groups excluding carboxylic acids is 1. The Morgan fingerprint density at radius 1 is 1.33 bits per heavy atom. The Morgan fingerprint density at radius 3 is 2.43 bits per heavy atom. The summed E-state index contributed by atoms with van der Waals surface area (Å²) in [5, 5.41) is 0. The number of rotatable bonds is 0. The van der Waals surface area contributed by atoms with Gasteiger partial charge in [0, 0.05) is 5.56 Å². The van der Waals surface area contributed by atoms with E-state index in [-0.39, 0.29) is 12.1 Å². The van der Waals surface area contributed by atoms with Crippen LogP contribution < -0.4 is 0 Å². The molecule has 1 aliphatic heterocycles. The summed E-state index contributed by atoms with van der Waals surface area (Å²) >= 11 is 3.45. The van der Waals surface area contributed by atoms with Crippen molar-refractivity contribution in [3.8, 4) is 0 Å². The Labute approximate surface area is 135 Å². The maximum Gasteiger partial charge on any atom is 0.411 e. The first-order valence-corrected chi connectivity index (χ1v) is 8.01. The van der Waals surface area contributed by atoms with E-state index in [1.165, 1.54) is 0 Å². The molecular formula is C15H24BrN3O2. The van der Waals surface area contributed by atoms with Crippen LogP contribution in [-0.4, -0.2) is 26.6 Å². The Bertz CT molecular complexity index is 526. The van der Waals surface area contributed by atoms with Gasteiger partial charge in [-0.2, -0.15) is 0 Å². The van der Waals surface area contributed by atoms with E-state index in [4.69, 9.17) is 4.74 Å². The number of hydrogen-bond donors (Lipinski definition) is 0. The predicted molar refractivity (Wildman–Crippen MR) is 86.0 cm³/mol. The molecule has 0 radical (unpaired) electrons. The summed E-state index contributed by atoms with van der Waals surface area (Å²) in [4.78, 5) is 22.5. The van der Waals surface area contributed by atoms with Crippen LogP contribution in [0.2, 0.25) is 0 Å². The minimum Gasteiger partial charge on any atom is -0.444 e. The fourth-order valence-corrected chi connectivity index (χ4v) is 2.95. The first-order chi connectivity index (χ1) is 9.69. The van der Waals surface area contributed by atoms with Crippen molar-refractivity contribution in [3.63, 3.8) is 0 Å². The maximum absolute atomic E-state index is 12.2. The van der Waals surface area contributed by atoms with Crippen molar-refractivity contribution < 1.29 is 9.53 Å². The summed E-state index contributed by atoms with van der Waals surface area (Å²) in [5.74, 6) is 0.698. The highest BCUT2D eigenvalue weighted by atomic mass is 79.9. The van der Waals surface area contributed by atoms with Gasteiger partial charge in [0.05, 0.1) is 18.3 Å². The van der Waals surface area contributed by atoms with E-state index < -0.39 is 5.60 Å². The third-order valence-corrected chi connectivity index (χ3v) is 3.53. The third kappa shape index (κ3) is 4.15. The molecule has 0 aliphatic carbocycles. The van der Waals surface area contributed by atoms with Gasteiger partial charge in [0.1, 0.15) is 16.0 Å². The average molecular weight is 358 g/mol. The molecule has 118 valence electrons.